The van der Waals surface area contributed by atoms with Crippen LogP contribution in [0.15, 0.2) is 57.3 Å². The van der Waals surface area contributed by atoms with Crippen molar-refractivity contribution in [2.24, 2.45) is 11.1 Å². The number of nitrogens with zero attached hydrogens (tertiary/aromatic N) is 1. The molecule has 0 atom stereocenters. The molecule has 1 heterocycles. The van der Waals surface area contributed by atoms with Crippen LogP contribution in [0.25, 0.3) is 0 Å². The minimum atomic E-state index is -0.503. The summed E-state index contributed by atoms with van der Waals surface area (Å²) in [5, 5.41) is 8.26. The fourth-order valence-electron chi connectivity index (χ4n) is 3.41. The molecule has 1 fully saturated rings. The maximum Gasteiger partial charge on any atom is 0.331 e. The summed E-state index contributed by atoms with van der Waals surface area (Å²) >= 11 is 0. The molecule has 5 heteroatoms. The lowest BCUT2D eigenvalue weighted by Gasteiger charge is -2.21. The molecule has 2 aliphatic rings. The molecule has 0 amide bonds. The number of ketones is 1. The van der Waals surface area contributed by atoms with Gasteiger partial charge in [0.1, 0.15) is 5.71 Å². The van der Waals surface area contributed by atoms with Crippen molar-refractivity contribution >= 4 is 28.4 Å². The summed E-state index contributed by atoms with van der Waals surface area (Å²) in [4.78, 5) is 30.1. The summed E-state index contributed by atoms with van der Waals surface area (Å²) in [6.07, 6.45) is 10.5. The van der Waals surface area contributed by atoms with Crippen LogP contribution in [0, 0.1) is 5.92 Å². The second-order valence-corrected chi connectivity index (χ2v) is 8.72. The van der Waals surface area contributed by atoms with E-state index >= 15 is 0 Å². The Labute approximate surface area is 157 Å². The van der Waals surface area contributed by atoms with Gasteiger partial charge in [-0.05, 0) is 52.3 Å². The van der Waals surface area contributed by atoms with Gasteiger partial charge < -0.3 is 4.84 Å². The topological polar surface area (TPSA) is 55.7 Å². The third-order valence-electron chi connectivity index (χ3n) is 4.79. The minimum absolute atomic E-state index is 0.145. The van der Waals surface area contributed by atoms with Gasteiger partial charge in [-0.2, -0.15) is 10.9 Å². The maximum atomic E-state index is 12.9. The zero-order valence-corrected chi connectivity index (χ0v) is 16.0. The van der Waals surface area contributed by atoms with Crippen molar-refractivity contribution in [3.05, 3.63) is 52.8 Å². The number of carbonyl (C=O) groups excluding carboxylic acids is 2. The second-order valence-electron chi connectivity index (χ2n) is 6.80. The Hall–Kier alpha value is -2.14. The normalized spacial score (nSPS) is 19.0. The van der Waals surface area contributed by atoms with E-state index in [1.165, 1.54) is 31.1 Å². The van der Waals surface area contributed by atoms with Gasteiger partial charge in [-0.25, -0.2) is 4.79 Å². The second kappa shape index (κ2) is 8.99. The molecule has 0 saturated heterocycles. The molecule has 1 aliphatic carbocycles. The van der Waals surface area contributed by atoms with Gasteiger partial charge >= 0.3 is 5.97 Å². The van der Waals surface area contributed by atoms with Crippen LogP contribution in [0.1, 0.15) is 55.8 Å². The summed E-state index contributed by atoms with van der Waals surface area (Å²) in [6.45, 7) is 1.30. The van der Waals surface area contributed by atoms with E-state index in [0.717, 1.165) is 12.8 Å². The van der Waals surface area contributed by atoms with Gasteiger partial charge in [-0.3, -0.25) is 4.79 Å². The number of Topliss-reactive ketones (excluding diaryl/α,β-unsaturated/α-hetero) is 1. The summed E-state index contributed by atoms with van der Waals surface area (Å²) in [6, 6.07) is 7.71. The van der Waals surface area contributed by atoms with Crippen LogP contribution < -0.4 is 0 Å². The van der Waals surface area contributed by atoms with Crippen LogP contribution in [0.3, 0.4) is 0 Å². The molecule has 26 heavy (non-hydrogen) atoms. The highest BCUT2D eigenvalue weighted by Gasteiger charge is 2.22. The smallest absolute Gasteiger partial charge is 0.318 e. The van der Waals surface area contributed by atoms with Gasteiger partial charge in [0.25, 0.3) is 0 Å². The van der Waals surface area contributed by atoms with E-state index in [-0.39, 0.29) is 16.7 Å². The van der Waals surface area contributed by atoms with Crippen LogP contribution in [0.5, 0.6) is 0 Å². The van der Waals surface area contributed by atoms with Gasteiger partial charge in [0.2, 0.25) is 5.78 Å². The van der Waals surface area contributed by atoms with E-state index in [1.807, 2.05) is 24.3 Å². The highest BCUT2D eigenvalue weighted by molar-refractivity contribution is 8.22. The molecule has 138 valence electrons. The number of benzene rings is 1. The molecule has 0 unspecified atom stereocenters. The molecular weight excluding hydrogens is 346 g/mol. The molecule has 0 aromatic heterocycles. The van der Waals surface area contributed by atoms with Gasteiger partial charge in [0.15, 0.2) is 0 Å². The van der Waals surface area contributed by atoms with Crippen LogP contribution in [0.2, 0.25) is 0 Å². The number of hydrogen-bond acceptors (Lipinski definition) is 4. The lowest BCUT2D eigenvalue weighted by atomic mass is 9.84. The number of oxime groups is 1. The average Bonchev–Trinajstić information content (AvgIpc) is 3.20. The van der Waals surface area contributed by atoms with Crippen LogP contribution in [-0.4, -0.2) is 17.5 Å². The van der Waals surface area contributed by atoms with E-state index in [4.69, 9.17) is 4.84 Å². The number of rotatable bonds is 6. The highest BCUT2D eigenvalue weighted by Crippen LogP contribution is 2.41. The zero-order chi connectivity index (χ0) is 18.4. The van der Waals surface area contributed by atoms with Crippen molar-refractivity contribution in [3.8, 4) is 0 Å². The van der Waals surface area contributed by atoms with E-state index in [2.05, 4.69) is 28.1 Å². The van der Waals surface area contributed by atoms with Gasteiger partial charge in [-0.15, -0.1) is 0 Å². The first-order valence-corrected chi connectivity index (χ1v) is 10.6. The molecule has 0 spiro atoms. The van der Waals surface area contributed by atoms with Crippen molar-refractivity contribution < 1.29 is 14.4 Å². The highest BCUT2D eigenvalue weighted by atomic mass is 32.2. The summed E-state index contributed by atoms with van der Waals surface area (Å²) in [5.74, 6) is -0.205. The van der Waals surface area contributed by atoms with Crippen molar-refractivity contribution in [2.75, 3.05) is 0 Å². The van der Waals surface area contributed by atoms with Crippen molar-refractivity contribution in [1.82, 2.24) is 0 Å². The lowest BCUT2D eigenvalue weighted by molar-refractivity contribution is -0.140. The van der Waals surface area contributed by atoms with E-state index in [1.54, 1.807) is 0 Å². The van der Waals surface area contributed by atoms with Crippen LogP contribution in [0.4, 0.5) is 0 Å². The SMILES string of the molecule is CC(=O)ON=C(CC1CCCCC1)C(=O)c1ccc([SH]2C=CC=C2)cc1. The Kier molecular flexibility index (Phi) is 6.45. The zero-order valence-electron chi connectivity index (χ0n) is 15.1. The monoisotopic (exact) mass is 371 g/mol. The van der Waals surface area contributed by atoms with Gasteiger partial charge in [-0.1, -0.05) is 49.4 Å². The Morgan fingerprint density at radius 1 is 1.08 bits per heavy atom. The molecule has 4 nitrogen and oxygen atoms in total. The summed E-state index contributed by atoms with van der Waals surface area (Å²) < 4.78 is 0. The first-order chi connectivity index (χ1) is 12.6. The molecule has 1 aliphatic heterocycles. The Morgan fingerprint density at radius 2 is 1.73 bits per heavy atom. The fourth-order valence-corrected chi connectivity index (χ4v) is 4.92. The molecule has 0 N–H and O–H groups in total. The molecule has 3 rings (SSSR count). The van der Waals surface area contributed by atoms with Crippen molar-refractivity contribution in [1.29, 1.82) is 0 Å². The molecule has 0 radical (unpaired) electrons. The molecular formula is C21H25NO3S. The largest absolute Gasteiger partial charge is 0.331 e. The van der Waals surface area contributed by atoms with Crippen molar-refractivity contribution in [3.63, 3.8) is 0 Å². The van der Waals surface area contributed by atoms with E-state index in [0.29, 0.717) is 23.6 Å². The van der Waals surface area contributed by atoms with Gasteiger partial charge in [0.05, 0.1) is 0 Å². The van der Waals surface area contributed by atoms with Crippen LogP contribution in [-0.2, 0) is 9.63 Å². The quantitative estimate of drug-likeness (QED) is 0.247. The third-order valence-corrected chi connectivity index (χ3v) is 6.67. The Balaban J connectivity index is 1.74. The number of allylic oxidation sites excluding steroid dienone is 2. The number of carbonyl (C=O) groups is 2. The molecule has 1 saturated carbocycles. The fraction of sp³-hybridized carbons (Fsp3) is 0.381. The number of thiol groups is 1. The van der Waals surface area contributed by atoms with Crippen LogP contribution >= 0.6 is 10.9 Å². The predicted molar refractivity (Wildman–Crippen MR) is 107 cm³/mol. The Morgan fingerprint density at radius 3 is 2.35 bits per heavy atom. The summed E-state index contributed by atoms with van der Waals surface area (Å²) in [5.41, 5.74) is 0.948. The maximum absolute atomic E-state index is 12.9. The third kappa shape index (κ3) is 4.94. The first kappa shape index (κ1) is 18.6. The standard InChI is InChI=1S/C21H25NO3S/c1-16(23)25-22-20(15-17-7-3-2-4-8-17)21(24)18-9-11-19(12-10-18)26-13-5-6-14-26/h5-6,9-14,17,26H,2-4,7-8,15H2,1H3. The molecule has 1 aromatic rings. The Bertz CT molecular complexity index is 731. The first-order valence-electron chi connectivity index (χ1n) is 9.16. The lowest BCUT2D eigenvalue weighted by Crippen LogP contribution is -2.21. The van der Waals surface area contributed by atoms with Crippen molar-refractivity contribution in [2.45, 2.75) is 50.3 Å². The number of hydrogen-bond donors (Lipinski definition) is 1. The average molecular weight is 372 g/mol. The van der Waals surface area contributed by atoms with E-state index < -0.39 is 5.97 Å². The summed E-state index contributed by atoms with van der Waals surface area (Å²) in [7, 11) is -0.388. The molecule has 0 bridgehead atoms. The minimum Gasteiger partial charge on any atom is -0.318 e. The predicted octanol–water partition coefficient (Wildman–Crippen LogP) is 5.16. The molecule has 1 aromatic carbocycles. The van der Waals surface area contributed by atoms with E-state index in [9.17, 15) is 9.59 Å². The van der Waals surface area contributed by atoms with Gasteiger partial charge in [0, 0.05) is 12.5 Å².